The number of amides is 1. The summed E-state index contributed by atoms with van der Waals surface area (Å²) in [5, 5.41) is 8.17. The fourth-order valence-corrected chi connectivity index (χ4v) is 2.37. The first-order chi connectivity index (χ1) is 10.3. The number of allylic oxidation sites excluding steroid dienone is 1. The van der Waals surface area contributed by atoms with Gasteiger partial charge in [-0.1, -0.05) is 19.1 Å². The molecule has 2 rings (SSSR count). The van der Waals surface area contributed by atoms with Gasteiger partial charge in [-0.05, 0) is 40.0 Å². The minimum absolute atomic E-state index is 0.189. The predicted octanol–water partition coefficient (Wildman–Crippen LogP) is 3.65. The van der Waals surface area contributed by atoms with E-state index in [0.29, 0.717) is 24.7 Å². The van der Waals surface area contributed by atoms with Crippen molar-refractivity contribution in [3.63, 3.8) is 0 Å². The summed E-state index contributed by atoms with van der Waals surface area (Å²) < 4.78 is 11.2. The van der Waals surface area contributed by atoms with Crippen molar-refractivity contribution in [3.05, 3.63) is 23.9 Å². The van der Waals surface area contributed by atoms with Crippen LogP contribution in [0.1, 0.15) is 64.8 Å². The number of aromatic nitrogens is 2. The molecule has 1 aromatic heterocycles. The SMILES string of the molecule is C=C(CC)Cc1nnc([C@@H]2CCCN2C(=O)OC(C)(C)C)o1. The van der Waals surface area contributed by atoms with Crippen LogP contribution in [0.5, 0.6) is 0 Å². The molecule has 0 unspecified atom stereocenters. The van der Waals surface area contributed by atoms with Crippen molar-refractivity contribution in [2.45, 2.75) is 65.0 Å². The predicted molar refractivity (Wildman–Crippen MR) is 82.3 cm³/mol. The summed E-state index contributed by atoms with van der Waals surface area (Å²) in [5.74, 6) is 1.04. The average Bonchev–Trinajstić information content (AvgIpc) is 3.04. The second kappa shape index (κ2) is 6.50. The van der Waals surface area contributed by atoms with Gasteiger partial charge in [0.25, 0.3) is 0 Å². The van der Waals surface area contributed by atoms with Gasteiger partial charge in [0.15, 0.2) is 0 Å². The van der Waals surface area contributed by atoms with Gasteiger partial charge < -0.3 is 9.15 Å². The zero-order valence-electron chi connectivity index (χ0n) is 13.9. The fraction of sp³-hybridized carbons (Fsp3) is 0.688. The molecule has 0 aliphatic carbocycles. The summed E-state index contributed by atoms with van der Waals surface area (Å²) in [6.45, 7) is 12.2. The van der Waals surface area contributed by atoms with Crippen molar-refractivity contribution in [1.82, 2.24) is 15.1 Å². The maximum Gasteiger partial charge on any atom is 0.410 e. The van der Waals surface area contributed by atoms with Gasteiger partial charge in [0, 0.05) is 13.0 Å². The van der Waals surface area contributed by atoms with E-state index in [9.17, 15) is 4.79 Å². The largest absolute Gasteiger partial charge is 0.444 e. The quantitative estimate of drug-likeness (QED) is 0.794. The van der Waals surface area contributed by atoms with Crippen LogP contribution < -0.4 is 0 Å². The van der Waals surface area contributed by atoms with E-state index >= 15 is 0 Å². The summed E-state index contributed by atoms with van der Waals surface area (Å²) in [6.07, 6.45) is 2.86. The lowest BCUT2D eigenvalue weighted by Crippen LogP contribution is -2.36. The minimum atomic E-state index is -0.511. The van der Waals surface area contributed by atoms with E-state index in [1.807, 2.05) is 27.7 Å². The average molecular weight is 307 g/mol. The number of carbonyl (C=O) groups excluding carboxylic acids is 1. The highest BCUT2D eigenvalue weighted by atomic mass is 16.6. The number of ether oxygens (including phenoxy) is 1. The molecule has 1 fully saturated rings. The Morgan fingerprint density at radius 2 is 2.18 bits per heavy atom. The Hall–Kier alpha value is -1.85. The van der Waals surface area contributed by atoms with Crippen LogP contribution in [0.15, 0.2) is 16.6 Å². The molecule has 1 aliphatic heterocycles. The van der Waals surface area contributed by atoms with Gasteiger partial charge in [0.2, 0.25) is 11.8 Å². The van der Waals surface area contributed by atoms with Crippen LogP contribution in [-0.4, -0.2) is 33.3 Å². The number of likely N-dealkylation sites (tertiary alicyclic amines) is 1. The molecule has 0 radical (unpaired) electrons. The Morgan fingerprint density at radius 3 is 2.82 bits per heavy atom. The van der Waals surface area contributed by atoms with Gasteiger partial charge in [-0.2, -0.15) is 0 Å². The molecule has 1 saturated heterocycles. The van der Waals surface area contributed by atoms with Gasteiger partial charge in [-0.15, -0.1) is 10.2 Å². The van der Waals surface area contributed by atoms with Crippen molar-refractivity contribution in [2.75, 3.05) is 6.54 Å². The summed E-state index contributed by atoms with van der Waals surface area (Å²) >= 11 is 0. The Morgan fingerprint density at radius 1 is 1.45 bits per heavy atom. The summed E-state index contributed by atoms with van der Waals surface area (Å²) in [4.78, 5) is 14.0. The first-order valence-electron chi connectivity index (χ1n) is 7.78. The van der Waals surface area contributed by atoms with Crippen LogP contribution in [0.25, 0.3) is 0 Å². The second-order valence-electron chi connectivity index (χ2n) is 6.65. The smallest absolute Gasteiger partial charge is 0.410 e. The molecule has 1 amide bonds. The van der Waals surface area contributed by atoms with Crippen LogP contribution in [0, 0.1) is 0 Å². The standard InChI is InChI=1S/C16H25N3O3/c1-6-11(2)10-13-17-18-14(21-13)12-8-7-9-19(12)15(20)22-16(3,4)5/h12H,2,6-10H2,1,3-5H3/t12-/m0/s1. The molecule has 6 heteroatoms. The number of nitrogens with zero attached hydrogens (tertiary/aromatic N) is 3. The lowest BCUT2D eigenvalue weighted by Gasteiger charge is -2.27. The highest BCUT2D eigenvalue weighted by Gasteiger charge is 2.36. The molecular formula is C16H25N3O3. The van der Waals surface area contributed by atoms with Crippen molar-refractivity contribution in [2.24, 2.45) is 0 Å². The minimum Gasteiger partial charge on any atom is -0.444 e. The van der Waals surface area contributed by atoms with Gasteiger partial charge in [0.1, 0.15) is 11.6 Å². The molecule has 1 aromatic rings. The fourth-order valence-electron chi connectivity index (χ4n) is 2.37. The Balaban J connectivity index is 2.07. The molecule has 0 bridgehead atoms. The maximum absolute atomic E-state index is 12.3. The van der Waals surface area contributed by atoms with Crippen LogP contribution in [-0.2, 0) is 11.2 Å². The van der Waals surface area contributed by atoms with Gasteiger partial charge >= 0.3 is 6.09 Å². The molecule has 1 atom stereocenters. The second-order valence-corrected chi connectivity index (χ2v) is 6.65. The van der Waals surface area contributed by atoms with Crippen molar-refractivity contribution < 1.29 is 13.9 Å². The number of hydrogen-bond donors (Lipinski definition) is 0. The zero-order valence-corrected chi connectivity index (χ0v) is 13.9. The molecule has 0 N–H and O–H groups in total. The van der Waals surface area contributed by atoms with Crippen LogP contribution in [0.2, 0.25) is 0 Å². The molecule has 0 saturated carbocycles. The van der Waals surface area contributed by atoms with Crippen LogP contribution in [0.4, 0.5) is 4.79 Å². The first kappa shape index (κ1) is 16.5. The molecule has 122 valence electrons. The topological polar surface area (TPSA) is 68.5 Å². The van der Waals surface area contributed by atoms with Gasteiger partial charge in [-0.25, -0.2) is 4.79 Å². The highest BCUT2D eigenvalue weighted by molar-refractivity contribution is 5.69. The first-order valence-corrected chi connectivity index (χ1v) is 7.78. The van der Waals surface area contributed by atoms with Crippen molar-refractivity contribution >= 4 is 6.09 Å². The summed E-state index contributed by atoms with van der Waals surface area (Å²) in [6, 6.07) is -0.189. The molecular weight excluding hydrogens is 282 g/mol. The Bertz CT molecular complexity index is 545. The van der Waals surface area contributed by atoms with E-state index in [2.05, 4.69) is 16.8 Å². The third-order valence-corrected chi connectivity index (χ3v) is 3.55. The zero-order chi connectivity index (χ0) is 16.3. The normalized spacial score (nSPS) is 18.5. The number of rotatable bonds is 4. The molecule has 6 nitrogen and oxygen atoms in total. The lowest BCUT2D eigenvalue weighted by molar-refractivity contribution is 0.0203. The molecule has 22 heavy (non-hydrogen) atoms. The summed E-state index contributed by atoms with van der Waals surface area (Å²) in [7, 11) is 0. The highest BCUT2D eigenvalue weighted by Crippen LogP contribution is 2.32. The number of hydrogen-bond acceptors (Lipinski definition) is 5. The monoisotopic (exact) mass is 307 g/mol. The number of carbonyl (C=O) groups is 1. The lowest BCUT2D eigenvalue weighted by atomic mass is 10.2. The van der Waals surface area contributed by atoms with Gasteiger partial charge in [-0.3, -0.25) is 4.90 Å². The molecule has 1 aliphatic rings. The van der Waals surface area contributed by atoms with E-state index in [0.717, 1.165) is 24.8 Å². The molecule has 2 heterocycles. The van der Waals surface area contributed by atoms with Crippen molar-refractivity contribution in [1.29, 1.82) is 0 Å². The molecule has 0 spiro atoms. The van der Waals surface area contributed by atoms with E-state index < -0.39 is 5.60 Å². The third kappa shape index (κ3) is 4.08. The van der Waals surface area contributed by atoms with E-state index in [4.69, 9.17) is 9.15 Å². The van der Waals surface area contributed by atoms with E-state index in [1.165, 1.54) is 0 Å². The third-order valence-electron chi connectivity index (χ3n) is 3.55. The Labute approximate surface area is 131 Å². The van der Waals surface area contributed by atoms with E-state index in [1.54, 1.807) is 4.90 Å². The molecule has 0 aromatic carbocycles. The van der Waals surface area contributed by atoms with Crippen molar-refractivity contribution in [3.8, 4) is 0 Å². The van der Waals surface area contributed by atoms with Crippen LogP contribution >= 0.6 is 0 Å². The summed E-state index contributed by atoms with van der Waals surface area (Å²) in [5.41, 5.74) is 0.536. The maximum atomic E-state index is 12.3. The van der Waals surface area contributed by atoms with Gasteiger partial charge in [0.05, 0.1) is 0 Å². The Kier molecular flexibility index (Phi) is 4.88. The van der Waals surface area contributed by atoms with E-state index in [-0.39, 0.29) is 12.1 Å². The van der Waals surface area contributed by atoms with Crippen LogP contribution in [0.3, 0.4) is 0 Å².